The van der Waals surface area contributed by atoms with Crippen LogP contribution < -0.4 is 6.15 Å². The highest BCUT2D eigenvalue weighted by molar-refractivity contribution is 5.91. The molecule has 0 unspecified atom stereocenters. The van der Waals surface area contributed by atoms with Gasteiger partial charge in [-0.3, -0.25) is 0 Å². The van der Waals surface area contributed by atoms with Gasteiger partial charge in [-0.2, -0.15) is 0 Å². The topological polar surface area (TPSA) is 61.3 Å². The van der Waals surface area contributed by atoms with Gasteiger partial charge < -0.3 is 10.9 Å². The zero-order valence-electron chi connectivity index (χ0n) is 10.9. The monoisotopic (exact) mass is 259 g/mol. The van der Waals surface area contributed by atoms with Gasteiger partial charge in [-0.15, -0.1) is 12.4 Å². The maximum absolute atomic E-state index is 11.8. The fourth-order valence-corrected chi connectivity index (χ4v) is 1.36. The average Bonchev–Trinajstić information content (AvgIpc) is 2.15. The van der Waals surface area contributed by atoms with Crippen LogP contribution in [0.3, 0.4) is 0 Å². The molecule has 98 valence electrons. The van der Waals surface area contributed by atoms with Crippen molar-refractivity contribution in [2.45, 2.75) is 39.7 Å². The molecule has 0 aliphatic heterocycles. The summed E-state index contributed by atoms with van der Waals surface area (Å²) in [5.74, 6) is -0.236. The second-order valence-corrected chi connectivity index (χ2v) is 4.51. The minimum atomic E-state index is -0.433. The number of carbonyl (C=O) groups excluding carboxylic acids is 1. The minimum Gasteiger partial charge on any atom is -0.456 e. The number of esters is 1. The molecule has 0 amide bonds. The van der Waals surface area contributed by atoms with E-state index in [2.05, 4.69) is 0 Å². The van der Waals surface area contributed by atoms with Crippen molar-refractivity contribution in [2.75, 3.05) is 0 Å². The van der Waals surface area contributed by atoms with Gasteiger partial charge in [0.15, 0.2) is 0 Å². The summed E-state index contributed by atoms with van der Waals surface area (Å²) in [6, 6.07) is 7.57. The Balaban J connectivity index is 0. The molecule has 0 aromatic heterocycles. The Morgan fingerprint density at radius 3 is 2.24 bits per heavy atom. The Bertz CT molecular complexity index is 359. The van der Waals surface area contributed by atoms with E-state index >= 15 is 0 Å². The maximum Gasteiger partial charge on any atom is 0.338 e. The molecule has 3 nitrogen and oxygen atoms in total. The molecule has 17 heavy (non-hydrogen) atoms. The van der Waals surface area contributed by atoms with Crippen molar-refractivity contribution in [1.82, 2.24) is 6.15 Å². The molecule has 1 rings (SSSR count). The number of hydrogen-bond acceptors (Lipinski definition) is 3. The minimum absolute atomic E-state index is 0. The highest BCUT2D eigenvalue weighted by atomic mass is 35.5. The fourth-order valence-electron chi connectivity index (χ4n) is 1.36. The molecule has 0 heterocycles. The molecule has 1 aromatic carbocycles. The van der Waals surface area contributed by atoms with Crippen LogP contribution in [-0.2, 0) is 11.2 Å². The number of hydrogen-bond donors (Lipinski definition) is 1. The first-order valence-corrected chi connectivity index (χ1v) is 5.25. The van der Waals surface area contributed by atoms with Gasteiger partial charge in [0.25, 0.3) is 0 Å². The molecular weight excluding hydrogens is 238 g/mol. The number of benzene rings is 1. The zero-order chi connectivity index (χ0) is 11.5. The van der Waals surface area contributed by atoms with Gasteiger partial charge in [0.1, 0.15) is 5.60 Å². The molecule has 0 saturated heterocycles. The Morgan fingerprint density at radius 1 is 1.24 bits per heavy atom. The van der Waals surface area contributed by atoms with Gasteiger partial charge in [-0.05, 0) is 38.8 Å². The van der Waals surface area contributed by atoms with E-state index in [0.29, 0.717) is 5.56 Å². The molecule has 0 atom stereocenters. The summed E-state index contributed by atoms with van der Waals surface area (Å²) in [6.45, 7) is 7.65. The van der Waals surface area contributed by atoms with E-state index in [0.717, 1.165) is 12.0 Å². The molecule has 3 N–H and O–H groups in total. The molecule has 0 spiro atoms. The van der Waals surface area contributed by atoms with Crippen molar-refractivity contribution in [1.29, 1.82) is 0 Å². The van der Waals surface area contributed by atoms with E-state index in [9.17, 15) is 4.79 Å². The Morgan fingerprint density at radius 2 is 1.76 bits per heavy atom. The van der Waals surface area contributed by atoms with Crippen molar-refractivity contribution in [3.8, 4) is 0 Å². The lowest BCUT2D eigenvalue weighted by Crippen LogP contribution is -2.24. The van der Waals surface area contributed by atoms with Crippen LogP contribution in [0.15, 0.2) is 24.3 Å². The third-order valence-corrected chi connectivity index (χ3v) is 2.02. The molecular formula is C13H22ClNO2. The first-order valence-electron chi connectivity index (χ1n) is 5.25. The number of carbonyl (C=O) groups is 1. The van der Waals surface area contributed by atoms with Gasteiger partial charge in [-0.1, -0.05) is 25.1 Å². The normalized spacial score (nSPS) is 9.88. The molecule has 1 aromatic rings. The predicted molar refractivity (Wildman–Crippen MR) is 73.3 cm³/mol. The summed E-state index contributed by atoms with van der Waals surface area (Å²) in [4.78, 5) is 11.8. The van der Waals surface area contributed by atoms with E-state index in [1.165, 1.54) is 0 Å². The highest BCUT2D eigenvalue weighted by Crippen LogP contribution is 2.15. The maximum atomic E-state index is 11.8. The summed E-state index contributed by atoms with van der Waals surface area (Å²) < 4.78 is 5.33. The second kappa shape index (κ2) is 7.30. The van der Waals surface area contributed by atoms with Crippen LogP contribution in [0.2, 0.25) is 0 Å². The van der Waals surface area contributed by atoms with E-state index in [-0.39, 0.29) is 24.5 Å². The molecule has 0 saturated carbocycles. The summed E-state index contributed by atoms with van der Waals surface area (Å²) in [6.07, 6.45) is 0.843. The van der Waals surface area contributed by atoms with Crippen molar-refractivity contribution in [2.24, 2.45) is 0 Å². The van der Waals surface area contributed by atoms with Gasteiger partial charge in [0.05, 0.1) is 5.56 Å². The number of ether oxygens (including phenoxy) is 1. The molecule has 4 heteroatoms. The lowest BCUT2D eigenvalue weighted by atomic mass is 10.1. The Kier molecular flexibility index (Phi) is 7.86. The van der Waals surface area contributed by atoms with Gasteiger partial charge in [0.2, 0.25) is 0 Å². The van der Waals surface area contributed by atoms with Crippen LogP contribution in [0.4, 0.5) is 0 Å². The van der Waals surface area contributed by atoms with Crippen LogP contribution in [0.5, 0.6) is 0 Å². The Labute approximate surface area is 110 Å². The van der Waals surface area contributed by atoms with Crippen molar-refractivity contribution >= 4 is 18.4 Å². The summed E-state index contributed by atoms with van der Waals surface area (Å²) in [7, 11) is 0. The molecule has 0 fully saturated rings. The smallest absolute Gasteiger partial charge is 0.338 e. The first kappa shape index (κ1) is 18.3. The van der Waals surface area contributed by atoms with Crippen LogP contribution in [-0.4, -0.2) is 11.6 Å². The van der Waals surface area contributed by atoms with Crippen LogP contribution in [0, 0.1) is 0 Å². The lowest BCUT2D eigenvalue weighted by molar-refractivity contribution is 0.00684. The molecule has 0 radical (unpaired) electrons. The number of rotatable bonds is 2. The molecule has 0 bridgehead atoms. The van der Waals surface area contributed by atoms with Crippen LogP contribution in [0.25, 0.3) is 0 Å². The van der Waals surface area contributed by atoms with E-state index in [1.54, 1.807) is 0 Å². The van der Waals surface area contributed by atoms with Crippen molar-refractivity contribution in [3.63, 3.8) is 0 Å². The molecule has 0 aliphatic carbocycles. The summed E-state index contributed by atoms with van der Waals surface area (Å²) >= 11 is 0. The predicted octanol–water partition coefficient (Wildman–Crippen LogP) is 3.79. The second-order valence-electron chi connectivity index (χ2n) is 4.51. The third-order valence-electron chi connectivity index (χ3n) is 2.02. The van der Waals surface area contributed by atoms with E-state index in [4.69, 9.17) is 4.74 Å². The quantitative estimate of drug-likeness (QED) is 0.822. The zero-order valence-corrected chi connectivity index (χ0v) is 11.8. The number of aryl methyl sites for hydroxylation is 1. The van der Waals surface area contributed by atoms with Crippen molar-refractivity contribution in [3.05, 3.63) is 35.4 Å². The SMILES string of the molecule is CCc1ccccc1C(=O)OC(C)(C)C.Cl.N. The van der Waals surface area contributed by atoms with Gasteiger partial charge >= 0.3 is 5.97 Å². The van der Waals surface area contributed by atoms with E-state index < -0.39 is 5.60 Å². The van der Waals surface area contributed by atoms with Crippen LogP contribution in [0.1, 0.15) is 43.6 Å². The van der Waals surface area contributed by atoms with Crippen molar-refractivity contribution < 1.29 is 9.53 Å². The standard InChI is InChI=1S/C13H18O2.ClH.H3N/c1-5-10-8-6-7-9-11(10)12(14)15-13(2,3)4;;/h6-9H,5H2,1-4H3;1H;1H3. The average molecular weight is 260 g/mol. The third kappa shape index (κ3) is 5.71. The fraction of sp³-hybridized carbons (Fsp3) is 0.462. The van der Waals surface area contributed by atoms with E-state index in [1.807, 2.05) is 52.0 Å². The molecule has 0 aliphatic rings. The first-order chi connectivity index (χ1) is 6.94. The summed E-state index contributed by atoms with van der Waals surface area (Å²) in [5, 5.41) is 0. The Hall–Kier alpha value is -1.06. The highest BCUT2D eigenvalue weighted by Gasteiger charge is 2.19. The van der Waals surface area contributed by atoms with Crippen LogP contribution >= 0.6 is 12.4 Å². The van der Waals surface area contributed by atoms with Gasteiger partial charge in [-0.25, -0.2) is 4.79 Å². The largest absolute Gasteiger partial charge is 0.456 e. The lowest BCUT2D eigenvalue weighted by Gasteiger charge is -2.20. The number of halogens is 1. The summed E-state index contributed by atoms with van der Waals surface area (Å²) in [5.41, 5.74) is 1.28. The van der Waals surface area contributed by atoms with Gasteiger partial charge in [0, 0.05) is 0 Å².